The van der Waals surface area contributed by atoms with Crippen LogP contribution in [0.3, 0.4) is 0 Å². The zero-order valence-electron chi connectivity index (χ0n) is 10.3. The lowest BCUT2D eigenvalue weighted by Gasteiger charge is -2.06. The summed E-state index contributed by atoms with van der Waals surface area (Å²) in [4.78, 5) is 22.2. The van der Waals surface area contributed by atoms with Crippen LogP contribution in [0.1, 0.15) is 29.6 Å². The van der Waals surface area contributed by atoms with Crippen LogP contribution in [0, 0.1) is 5.92 Å². The van der Waals surface area contributed by atoms with Crippen LogP contribution in [-0.2, 0) is 16.1 Å². The molecule has 0 aliphatic carbocycles. The number of aromatic nitrogens is 1. The summed E-state index contributed by atoms with van der Waals surface area (Å²) >= 11 is 0. The fraction of sp³-hybridized carbons (Fsp3) is 0.545. The zero-order chi connectivity index (χ0) is 13.5. The quantitative estimate of drug-likeness (QED) is 0.743. The van der Waals surface area contributed by atoms with Gasteiger partial charge in [-0.25, -0.2) is 0 Å². The lowest BCUT2D eigenvalue weighted by atomic mass is 10.1. The molecular formula is C11H16N2O5. The molecule has 100 valence electrons. The smallest absolute Gasteiger partial charge is 0.306 e. The van der Waals surface area contributed by atoms with E-state index >= 15 is 0 Å². The summed E-state index contributed by atoms with van der Waals surface area (Å²) in [6, 6.07) is 1.49. The average Bonchev–Trinajstić information content (AvgIpc) is 2.77. The van der Waals surface area contributed by atoms with E-state index in [1.54, 1.807) is 6.92 Å². The van der Waals surface area contributed by atoms with Crippen LogP contribution >= 0.6 is 0 Å². The number of ether oxygens (including phenoxy) is 1. The monoisotopic (exact) mass is 256 g/mol. The molecule has 1 amide bonds. The second kappa shape index (κ2) is 6.75. The highest BCUT2D eigenvalue weighted by Gasteiger charge is 2.14. The van der Waals surface area contributed by atoms with Crippen molar-refractivity contribution in [2.75, 3.05) is 13.7 Å². The van der Waals surface area contributed by atoms with Crippen molar-refractivity contribution in [3.63, 3.8) is 0 Å². The summed E-state index contributed by atoms with van der Waals surface area (Å²) in [7, 11) is 1.51. The Kier molecular flexibility index (Phi) is 5.31. The summed E-state index contributed by atoms with van der Waals surface area (Å²) < 4.78 is 9.69. The van der Waals surface area contributed by atoms with Gasteiger partial charge in [-0.2, -0.15) is 0 Å². The molecule has 0 spiro atoms. The number of carboxylic acids is 1. The minimum atomic E-state index is -0.881. The second-order valence-corrected chi connectivity index (χ2v) is 3.90. The maximum absolute atomic E-state index is 11.6. The first-order chi connectivity index (χ1) is 8.54. The van der Waals surface area contributed by atoms with Crippen molar-refractivity contribution in [2.24, 2.45) is 5.92 Å². The van der Waals surface area contributed by atoms with Gasteiger partial charge in [0.1, 0.15) is 6.61 Å². The Balaban J connectivity index is 2.38. The first kappa shape index (κ1) is 14.2. The number of carboxylic acid groups (broad SMARTS) is 1. The Morgan fingerprint density at radius 3 is 2.94 bits per heavy atom. The van der Waals surface area contributed by atoms with Gasteiger partial charge in [0, 0.05) is 19.7 Å². The molecule has 7 heteroatoms. The average molecular weight is 256 g/mol. The SMILES string of the molecule is COCc1cc(C(=O)NCCC(C)C(=O)O)no1. The number of rotatable bonds is 7. The number of nitrogens with zero attached hydrogens (tertiary/aromatic N) is 1. The van der Waals surface area contributed by atoms with E-state index in [1.165, 1.54) is 13.2 Å². The third-order valence-corrected chi connectivity index (χ3v) is 2.36. The largest absolute Gasteiger partial charge is 0.481 e. The normalized spacial score (nSPS) is 12.1. The maximum Gasteiger partial charge on any atom is 0.306 e. The number of hydrogen-bond acceptors (Lipinski definition) is 5. The predicted molar refractivity (Wildman–Crippen MR) is 61.0 cm³/mol. The molecular weight excluding hydrogens is 240 g/mol. The Morgan fingerprint density at radius 2 is 2.33 bits per heavy atom. The Hall–Kier alpha value is -1.89. The second-order valence-electron chi connectivity index (χ2n) is 3.90. The van der Waals surface area contributed by atoms with Crippen LogP contribution in [0.2, 0.25) is 0 Å². The van der Waals surface area contributed by atoms with Crippen molar-refractivity contribution in [2.45, 2.75) is 20.0 Å². The topological polar surface area (TPSA) is 102 Å². The molecule has 1 unspecified atom stereocenters. The number of nitrogens with one attached hydrogen (secondary N) is 1. The molecule has 1 heterocycles. The minimum Gasteiger partial charge on any atom is -0.481 e. The van der Waals surface area contributed by atoms with Crippen molar-refractivity contribution in [3.8, 4) is 0 Å². The molecule has 1 rings (SSSR count). The van der Waals surface area contributed by atoms with Gasteiger partial charge >= 0.3 is 5.97 Å². The summed E-state index contributed by atoms with van der Waals surface area (Å²) in [5.41, 5.74) is 0.157. The van der Waals surface area contributed by atoms with E-state index in [4.69, 9.17) is 14.4 Å². The minimum absolute atomic E-state index is 0.157. The van der Waals surface area contributed by atoms with Crippen molar-refractivity contribution >= 4 is 11.9 Å². The Morgan fingerprint density at radius 1 is 1.61 bits per heavy atom. The number of carbonyl (C=O) groups excluding carboxylic acids is 1. The van der Waals surface area contributed by atoms with Crippen LogP contribution in [0.15, 0.2) is 10.6 Å². The van der Waals surface area contributed by atoms with Gasteiger partial charge in [0.15, 0.2) is 11.5 Å². The third kappa shape index (κ3) is 4.17. The fourth-order valence-corrected chi connectivity index (χ4v) is 1.25. The lowest BCUT2D eigenvalue weighted by Crippen LogP contribution is -2.27. The lowest BCUT2D eigenvalue weighted by molar-refractivity contribution is -0.141. The van der Waals surface area contributed by atoms with Crippen LogP contribution < -0.4 is 5.32 Å². The van der Waals surface area contributed by atoms with E-state index in [-0.39, 0.29) is 18.8 Å². The molecule has 0 radical (unpaired) electrons. The molecule has 0 bridgehead atoms. The van der Waals surface area contributed by atoms with Crippen molar-refractivity contribution in [1.29, 1.82) is 0 Å². The molecule has 2 N–H and O–H groups in total. The first-order valence-corrected chi connectivity index (χ1v) is 5.50. The van der Waals surface area contributed by atoms with E-state index in [0.29, 0.717) is 12.2 Å². The zero-order valence-corrected chi connectivity index (χ0v) is 10.3. The van der Waals surface area contributed by atoms with Gasteiger partial charge in [-0.05, 0) is 6.42 Å². The van der Waals surface area contributed by atoms with E-state index in [2.05, 4.69) is 10.5 Å². The maximum atomic E-state index is 11.6. The molecule has 0 aromatic carbocycles. The first-order valence-electron chi connectivity index (χ1n) is 5.50. The molecule has 7 nitrogen and oxygen atoms in total. The van der Waals surface area contributed by atoms with Crippen LogP contribution in [-0.4, -0.2) is 35.8 Å². The number of amides is 1. The molecule has 1 aromatic rings. The summed E-state index contributed by atoms with van der Waals surface area (Å²) in [6.07, 6.45) is 0.365. The van der Waals surface area contributed by atoms with E-state index in [1.807, 2.05) is 0 Å². The predicted octanol–water partition coefficient (Wildman–Crippen LogP) is 0.662. The van der Waals surface area contributed by atoms with Gasteiger partial charge in [0.2, 0.25) is 0 Å². The van der Waals surface area contributed by atoms with Crippen molar-refractivity contribution < 1.29 is 24.0 Å². The number of methoxy groups -OCH3 is 1. The van der Waals surface area contributed by atoms with Gasteiger partial charge in [0.05, 0.1) is 5.92 Å². The van der Waals surface area contributed by atoms with Crippen LogP contribution in [0.4, 0.5) is 0 Å². The number of hydrogen-bond donors (Lipinski definition) is 2. The van der Waals surface area contributed by atoms with Crippen molar-refractivity contribution in [3.05, 3.63) is 17.5 Å². The fourth-order valence-electron chi connectivity index (χ4n) is 1.25. The number of aliphatic carboxylic acids is 1. The molecule has 1 aromatic heterocycles. The molecule has 0 fully saturated rings. The standard InChI is InChI=1S/C11H16N2O5/c1-7(11(15)16)3-4-12-10(14)9-5-8(6-17-2)18-13-9/h5,7H,3-4,6H2,1-2H3,(H,12,14)(H,15,16). The molecule has 0 aliphatic heterocycles. The third-order valence-electron chi connectivity index (χ3n) is 2.36. The highest BCUT2D eigenvalue weighted by Crippen LogP contribution is 2.05. The van der Waals surface area contributed by atoms with Crippen LogP contribution in [0.25, 0.3) is 0 Å². The van der Waals surface area contributed by atoms with E-state index in [9.17, 15) is 9.59 Å². The summed E-state index contributed by atoms with van der Waals surface area (Å²) in [5, 5.41) is 14.8. The van der Waals surface area contributed by atoms with E-state index < -0.39 is 17.8 Å². The van der Waals surface area contributed by atoms with Gasteiger partial charge in [-0.3, -0.25) is 9.59 Å². The molecule has 0 saturated carbocycles. The molecule has 0 saturated heterocycles. The molecule has 0 aliphatic rings. The van der Waals surface area contributed by atoms with Crippen molar-refractivity contribution in [1.82, 2.24) is 10.5 Å². The van der Waals surface area contributed by atoms with Crippen LogP contribution in [0.5, 0.6) is 0 Å². The van der Waals surface area contributed by atoms with Gasteiger partial charge in [-0.1, -0.05) is 12.1 Å². The highest BCUT2D eigenvalue weighted by molar-refractivity contribution is 5.92. The van der Waals surface area contributed by atoms with Gasteiger partial charge < -0.3 is 19.7 Å². The molecule has 18 heavy (non-hydrogen) atoms. The highest BCUT2D eigenvalue weighted by atomic mass is 16.5. The van der Waals surface area contributed by atoms with Gasteiger partial charge in [-0.15, -0.1) is 0 Å². The summed E-state index contributed by atoms with van der Waals surface area (Å²) in [6.45, 7) is 2.11. The summed E-state index contributed by atoms with van der Waals surface area (Å²) in [5.74, 6) is -1.31. The van der Waals surface area contributed by atoms with E-state index in [0.717, 1.165) is 0 Å². The van der Waals surface area contributed by atoms with Gasteiger partial charge in [0.25, 0.3) is 5.91 Å². The Bertz CT molecular complexity index is 415. The Labute approximate surface area is 104 Å². The number of carbonyl (C=O) groups is 2. The molecule has 1 atom stereocenters.